The molecule has 2 heterocycles. The van der Waals surface area contributed by atoms with Gasteiger partial charge >= 0.3 is 0 Å². The first-order valence-electron chi connectivity index (χ1n) is 7.74. The second-order valence-electron chi connectivity index (χ2n) is 6.15. The van der Waals surface area contributed by atoms with Crippen LogP contribution in [0.4, 0.5) is 5.82 Å². The Kier molecular flexibility index (Phi) is 3.74. The molecule has 1 aliphatic carbocycles. The van der Waals surface area contributed by atoms with Crippen LogP contribution in [0.3, 0.4) is 0 Å². The van der Waals surface area contributed by atoms with E-state index in [-0.39, 0.29) is 6.04 Å². The highest BCUT2D eigenvalue weighted by atomic mass is 15.2. The fourth-order valence-corrected chi connectivity index (χ4v) is 3.89. The smallest absolute Gasteiger partial charge is 0.133 e. The van der Waals surface area contributed by atoms with Crippen LogP contribution in [0.2, 0.25) is 0 Å². The maximum absolute atomic E-state index is 6.12. The Morgan fingerprint density at radius 3 is 2.89 bits per heavy atom. The second-order valence-corrected chi connectivity index (χ2v) is 6.15. The van der Waals surface area contributed by atoms with Crippen molar-refractivity contribution < 1.29 is 0 Å². The molecule has 2 N–H and O–H groups in total. The molecule has 0 bridgehead atoms. The average molecular weight is 259 g/mol. The Morgan fingerprint density at radius 1 is 1.26 bits per heavy atom. The number of anilines is 1. The molecule has 19 heavy (non-hydrogen) atoms. The molecule has 1 aliphatic heterocycles. The summed E-state index contributed by atoms with van der Waals surface area (Å²) in [6.45, 7) is 3.21. The van der Waals surface area contributed by atoms with Crippen LogP contribution in [0, 0.1) is 5.92 Å². The van der Waals surface area contributed by atoms with Gasteiger partial charge in [0, 0.05) is 30.4 Å². The molecule has 0 unspecified atom stereocenters. The van der Waals surface area contributed by atoms with Gasteiger partial charge in [0.15, 0.2) is 0 Å². The summed E-state index contributed by atoms with van der Waals surface area (Å²) >= 11 is 0. The van der Waals surface area contributed by atoms with E-state index in [1.807, 2.05) is 12.3 Å². The number of nitrogens with two attached hydrogens (primary N) is 1. The average Bonchev–Trinajstić information content (AvgIpc) is 2.46. The van der Waals surface area contributed by atoms with Gasteiger partial charge in [-0.05, 0) is 44.6 Å². The van der Waals surface area contributed by atoms with E-state index in [4.69, 9.17) is 5.73 Å². The second kappa shape index (κ2) is 5.49. The highest BCUT2D eigenvalue weighted by Crippen LogP contribution is 2.38. The van der Waals surface area contributed by atoms with Crippen LogP contribution in [0.15, 0.2) is 18.3 Å². The SMILES string of the molecule is C[C@@H](N)c1cccnc1N1CCC[C@H]2CCCC[C@H]21. The van der Waals surface area contributed by atoms with Crippen molar-refractivity contribution in [3.05, 3.63) is 23.9 Å². The predicted molar refractivity (Wildman–Crippen MR) is 79.2 cm³/mol. The standard InChI is InChI=1S/C16H25N3/c1-12(17)14-8-4-10-18-16(14)19-11-5-7-13-6-2-3-9-15(13)19/h4,8,10,12-13,15H,2-3,5-7,9,11,17H2,1H3/t12-,13-,15-/m1/s1. The highest BCUT2D eigenvalue weighted by molar-refractivity contribution is 5.49. The maximum atomic E-state index is 6.12. The molecule has 0 aromatic carbocycles. The van der Waals surface area contributed by atoms with E-state index in [1.54, 1.807) is 0 Å². The zero-order valence-electron chi connectivity index (χ0n) is 11.9. The fraction of sp³-hybridized carbons (Fsp3) is 0.688. The Bertz CT molecular complexity index is 428. The van der Waals surface area contributed by atoms with Crippen molar-refractivity contribution >= 4 is 5.82 Å². The van der Waals surface area contributed by atoms with Gasteiger partial charge in [-0.1, -0.05) is 18.9 Å². The van der Waals surface area contributed by atoms with Crippen molar-refractivity contribution in [3.8, 4) is 0 Å². The lowest BCUT2D eigenvalue weighted by molar-refractivity contribution is 0.242. The monoisotopic (exact) mass is 259 g/mol. The topological polar surface area (TPSA) is 42.1 Å². The van der Waals surface area contributed by atoms with Gasteiger partial charge in [-0.3, -0.25) is 0 Å². The third kappa shape index (κ3) is 2.48. The van der Waals surface area contributed by atoms with Crippen LogP contribution in [0.1, 0.15) is 57.1 Å². The molecule has 3 heteroatoms. The van der Waals surface area contributed by atoms with Crippen LogP contribution >= 0.6 is 0 Å². The minimum absolute atomic E-state index is 0.0627. The van der Waals surface area contributed by atoms with Gasteiger partial charge in [-0.25, -0.2) is 4.98 Å². The first kappa shape index (κ1) is 12.9. The number of pyridine rings is 1. The van der Waals surface area contributed by atoms with E-state index in [2.05, 4.69) is 22.9 Å². The van der Waals surface area contributed by atoms with Gasteiger partial charge < -0.3 is 10.6 Å². The first-order chi connectivity index (χ1) is 9.27. The molecule has 2 fully saturated rings. The summed E-state index contributed by atoms with van der Waals surface area (Å²) in [5.74, 6) is 2.03. The molecule has 3 nitrogen and oxygen atoms in total. The molecule has 3 atom stereocenters. The normalized spacial score (nSPS) is 28.8. The van der Waals surface area contributed by atoms with Crippen molar-refractivity contribution in [3.63, 3.8) is 0 Å². The van der Waals surface area contributed by atoms with Crippen molar-refractivity contribution in [2.45, 2.75) is 57.5 Å². The van der Waals surface area contributed by atoms with Crippen LogP contribution in [0.5, 0.6) is 0 Å². The van der Waals surface area contributed by atoms with Gasteiger partial charge in [0.1, 0.15) is 5.82 Å². The van der Waals surface area contributed by atoms with Crippen LogP contribution in [-0.2, 0) is 0 Å². The lowest BCUT2D eigenvalue weighted by Crippen LogP contribution is -2.47. The third-order valence-corrected chi connectivity index (χ3v) is 4.82. The lowest BCUT2D eigenvalue weighted by Gasteiger charge is -2.45. The number of fused-ring (bicyclic) bond motifs is 1. The van der Waals surface area contributed by atoms with Crippen LogP contribution in [-0.4, -0.2) is 17.6 Å². The Labute approximate surface area is 116 Å². The molecule has 0 amide bonds. The first-order valence-corrected chi connectivity index (χ1v) is 7.74. The number of aromatic nitrogens is 1. The van der Waals surface area contributed by atoms with E-state index in [0.717, 1.165) is 18.3 Å². The molecule has 1 aromatic heterocycles. The predicted octanol–water partition coefficient (Wildman–Crippen LogP) is 3.26. The summed E-state index contributed by atoms with van der Waals surface area (Å²) in [4.78, 5) is 7.22. The largest absolute Gasteiger partial charge is 0.353 e. The van der Waals surface area contributed by atoms with Crippen molar-refractivity contribution in [2.75, 3.05) is 11.4 Å². The van der Waals surface area contributed by atoms with Crippen molar-refractivity contribution in [2.24, 2.45) is 11.7 Å². The van der Waals surface area contributed by atoms with E-state index >= 15 is 0 Å². The molecule has 2 aliphatic rings. The summed E-state index contributed by atoms with van der Waals surface area (Å²) in [7, 11) is 0. The third-order valence-electron chi connectivity index (χ3n) is 4.82. The van der Waals surface area contributed by atoms with Crippen molar-refractivity contribution in [1.29, 1.82) is 0 Å². The number of hydrogen-bond donors (Lipinski definition) is 1. The fourth-order valence-electron chi connectivity index (χ4n) is 3.89. The Hall–Kier alpha value is -1.09. The van der Waals surface area contributed by atoms with E-state index in [9.17, 15) is 0 Å². The molecule has 3 rings (SSSR count). The Morgan fingerprint density at radius 2 is 2.05 bits per heavy atom. The minimum atomic E-state index is 0.0627. The number of rotatable bonds is 2. The van der Waals surface area contributed by atoms with Gasteiger partial charge in [-0.15, -0.1) is 0 Å². The van der Waals surface area contributed by atoms with Gasteiger partial charge in [0.05, 0.1) is 0 Å². The molecule has 1 aromatic rings. The molecule has 1 saturated carbocycles. The van der Waals surface area contributed by atoms with Crippen molar-refractivity contribution in [1.82, 2.24) is 4.98 Å². The van der Waals surface area contributed by atoms with E-state index in [1.165, 1.54) is 44.1 Å². The summed E-state index contributed by atoms with van der Waals surface area (Å²) in [6, 6.07) is 4.91. The number of nitrogens with zero attached hydrogens (tertiary/aromatic N) is 2. The van der Waals surface area contributed by atoms with Gasteiger partial charge in [0.2, 0.25) is 0 Å². The number of piperidine rings is 1. The summed E-state index contributed by atoms with van der Waals surface area (Å²) in [5, 5.41) is 0. The molecule has 1 saturated heterocycles. The molecular weight excluding hydrogens is 234 g/mol. The van der Waals surface area contributed by atoms with E-state index in [0.29, 0.717) is 6.04 Å². The number of hydrogen-bond acceptors (Lipinski definition) is 3. The molecule has 0 radical (unpaired) electrons. The van der Waals surface area contributed by atoms with Crippen LogP contribution in [0.25, 0.3) is 0 Å². The van der Waals surface area contributed by atoms with Gasteiger partial charge in [-0.2, -0.15) is 0 Å². The Balaban J connectivity index is 1.91. The summed E-state index contributed by atoms with van der Waals surface area (Å²) in [6.07, 6.45) is 10.1. The summed E-state index contributed by atoms with van der Waals surface area (Å²) < 4.78 is 0. The van der Waals surface area contributed by atoms with Crippen LogP contribution < -0.4 is 10.6 Å². The highest BCUT2D eigenvalue weighted by Gasteiger charge is 2.34. The summed E-state index contributed by atoms with van der Waals surface area (Å²) in [5.41, 5.74) is 7.33. The van der Waals surface area contributed by atoms with E-state index < -0.39 is 0 Å². The zero-order chi connectivity index (χ0) is 13.2. The minimum Gasteiger partial charge on any atom is -0.353 e. The van der Waals surface area contributed by atoms with Gasteiger partial charge in [0.25, 0.3) is 0 Å². The molecular formula is C16H25N3. The zero-order valence-corrected chi connectivity index (χ0v) is 11.9. The quantitative estimate of drug-likeness (QED) is 0.886. The molecule has 0 spiro atoms. The maximum Gasteiger partial charge on any atom is 0.133 e. The molecule has 104 valence electrons. The lowest BCUT2D eigenvalue weighted by atomic mass is 9.78.